The third-order valence-corrected chi connectivity index (χ3v) is 4.91. The number of benzene rings is 1. The maximum Gasteiger partial charge on any atom is 0.242 e. The van der Waals surface area contributed by atoms with Crippen LogP contribution in [0.15, 0.2) is 40.9 Å². The first-order valence-corrected chi connectivity index (χ1v) is 8.57. The molecule has 2 atom stereocenters. The van der Waals surface area contributed by atoms with Crippen LogP contribution in [0, 0.1) is 6.92 Å². The standard InChI is InChI=1S/C16H20N2O3S/c1-4-18(14-8-6-5-7-9-14)16(19)13(3)22(20)11-15-10-12(2)17-21-15/h5-10,13H,4,11H2,1-3H3/t13-,22+/m1/s1. The zero-order valence-corrected chi connectivity index (χ0v) is 13.8. The van der Waals surface area contributed by atoms with Gasteiger partial charge >= 0.3 is 0 Å². The van der Waals surface area contributed by atoms with E-state index in [-0.39, 0.29) is 11.7 Å². The number of nitrogens with zero attached hydrogens (tertiary/aromatic N) is 2. The summed E-state index contributed by atoms with van der Waals surface area (Å²) < 4.78 is 17.5. The van der Waals surface area contributed by atoms with Crippen LogP contribution < -0.4 is 4.90 Å². The highest BCUT2D eigenvalue weighted by Crippen LogP contribution is 2.17. The summed E-state index contributed by atoms with van der Waals surface area (Å²) in [4.78, 5) is 14.2. The molecule has 6 heteroatoms. The van der Waals surface area contributed by atoms with E-state index in [9.17, 15) is 9.00 Å². The molecule has 1 aromatic carbocycles. The van der Waals surface area contributed by atoms with E-state index in [1.54, 1.807) is 24.8 Å². The minimum atomic E-state index is -1.35. The molecule has 0 radical (unpaired) electrons. The van der Waals surface area contributed by atoms with E-state index in [0.717, 1.165) is 11.4 Å². The molecule has 1 amide bonds. The normalized spacial score (nSPS) is 13.6. The number of carbonyl (C=O) groups excluding carboxylic acids is 1. The zero-order chi connectivity index (χ0) is 16.1. The van der Waals surface area contributed by atoms with E-state index in [0.29, 0.717) is 12.3 Å². The van der Waals surface area contributed by atoms with Crippen molar-refractivity contribution in [1.29, 1.82) is 0 Å². The van der Waals surface area contributed by atoms with Gasteiger partial charge < -0.3 is 9.42 Å². The van der Waals surface area contributed by atoms with Crippen molar-refractivity contribution < 1.29 is 13.5 Å². The van der Waals surface area contributed by atoms with Crippen LogP contribution in [-0.2, 0) is 21.3 Å². The summed E-state index contributed by atoms with van der Waals surface area (Å²) in [5.41, 5.74) is 1.56. The number of hydrogen-bond donors (Lipinski definition) is 0. The molecule has 1 heterocycles. The van der Waals surface area contributed by atoms with Crippen LogP contribution in [0.5, 0.6) is 0 Å². The molecule has 0 aliphatic heterocycles. The van der Waals surface area contributed by atoms with E-state index in [4.69, 9.17) is 4.52 Å². The maximum atomic E-state index is 12.6. The van der Waals surface area contributed by atoms with Crippen LogP contribution in [0.2, 0.25) is 0 Å². The highest BCUT2D eigenvalue weighted by molar-refractivity contribution is 7.85. The molecule has 0 aliphatic rings. The Balaban J connectivity index is 2.08. The second-order valence-corrected chi connectivity index (χ2v) is 6.78. The molecule has 0 spiro atoms. The number of rotatable bonds is 6. The van der Waals surface area contributed by atoms with E-state index < -0.39 is 16.0 Å². The molecule has 0 bridgehead atoms. The fourth-order valence-corrected chi connectivity index (χ4v) is 3.17. The molecule has 22 heavy (non-hydrogen) atoms. The predicted octanol–water partition coefficient (Wildman–Crippen LogP) is 2.67. The molecule has 0 fully saturated rings. The first-order valence-electron chi connectivity index (χ1n) is 7.18. The summed E-state index contributed by atoms with van der Waals surface area (Å²) in [7, 11) is -1.35. The summed E-state index contributed by atoms with van der Waals surface area (Å²) in [6, 6.07) is 11.1. The smallest absolute Gasteiger partial charge is 0.242 e. The molecule has 2 aromatic rings. The summed E-state index contributed by atoms with van der Waals surface area (Å²) in [6.45, 7) is 5.93. The summed E-state index contributed by atoms with van der Waals surface area (Å²) >= 11 is 0. The first kappa shape index (κ1) is 16.4. The number of carbonyl (C=O) groups is 1. The Morgan fingerprint density at radius 1 is 1.36 bits per heavy atom. The van der Waals surface area contributed by atoms with Crippen molar-refractivity contribution in [3.63, 3.8) is 0 Å². The van der Waals surface area contributed by atoms with Gasteiger partial charge in [-0.2, -0.15) is 0 Å². The van der Waals surface area contributed by atoms with Crippen LogP contribution in [0.1, 0.15) is 25.3 Å². The molecule has 0 saturated heterocycles. The molecule has 1 aromatic heterocycles. The summed E-state index contributed by atoms with van der Waals surface area (Å²) in [5.74, 6) is 0.585. The Morgan fingerprint density at radius 3 is 2.59 bits per heavy atom. The quantitative estimate of drug-likeness (QED) is 0.821. The maximum absolute atomic E-state index is 12.6. The first-order chi connectivity index (χ1) is 10.5. The van der Waals surface area contributed by atoms with Crippen LogP contribution in [-0.4, -0.2) is 27.1 Å². The third kappa shape index (κ3) is 3.82. The van der Waals surface area contributed by atoms with Gasteiger partial charge in [-0.3, -0.25) is 9.00 Å². The van der Waals surface area contributed by atoms with Gasteiger partial charge in [0, 0.05) is 29.1 Å². The molecule has 0 aliphatic carbocycles. The van der Waals surface area contributed by atoms with Gasteiger partial charge in [0.25, 0.3) is 0 Å². The second-order valence-electron chi connectivity index (χ2n) is 5.02. The number of aryl methyl sites for hydroxylation is 1. The lowest BCUT2D eigenvalue weighted by atomic mass is 10.2. The van der Waals surface area contributed by atoms with Crippen molar-refractivity contribution in [2.75, 3.05) is 11.4 Å². The van der Waals surface area contributed by atoms with Crippen LogP contribution in [0.3, 0.4) is 0 Å². The molecular weight excluding hydrogens is 300 g/mol. The van der Waals surface area contributed by atoms with Crippen molar-refractivity contribution >= 4 is 22.4 Å². The van der Waals surface area contributed by atoms with Crippen molar-refractivity contribution in [2.45, 2.75) is 31.8 Å². The van der Waals surface area contributed by atoms with Crippen molar-refractivity contribution in [3.8, 4) is 0 Å². The number of hydrogen-bond acceptors (Lipinski definition) is 4. The number of anilines is 1. The fourth-order valence-electron chi connectivity index (χ4n) is 2.16. The second kappa shape index (κ2) is 7.35. The lowest BCUT2D eigenvalue weighted by molar-refractivity contribution is -0.117. The SMILES string of the molecule is CCN(C(=O)[C@@H](C)[S@@](=O)Cc1cc(C)no1)c1ccccc1. The van der Waals surface area contributed by atoms with Crippen molar-refractivity contribution in [2.24, 2.45) is 0 Å². The summed E-state index contributed by atoms with van der Waals surface area (Å²) in [6.07, 6.45) is 0. The van der Waals surface area contributed by atoms with Crippen LogP contribution in [0.4, 0.5) is 5.69 Å². The average Bonchev–Trinajstić information content (AvgIpc) is 2.93. The number of para-hydroxylation sites is 1. The van der Waals surface area contributed by atoms with E-state index >= 15 is 0 Å². The lowest BCUT2D eigenvalue weighted by Gasteiger charge is -2.24. The minimum Gasteiger partial charge on any atom is -0.360 e. The van der Waals surface area contributed by atoms with Gasteiger partial charge in [0.2, 0.25) is 5.91 Å². The van der Waals surface area contributed by atoms with Gasteiger partial charge in [0.1, 0.15) is 11.0 Å². The van der Waals surface area contributed by atoms with Crippen molar-refractivity contribution in [3.05, 3.63) is 47.9 Å². The Labute approximate surface area is 132 Å². The van der Waals surface area contributed by atoms with Gasteiger partial charge in [0.15, 0.2) is 0 Å². The highest BCUT2D eigenvalue weighted by Gasteiger charge is 2.26. The molecule has 118 valence electrons. The Kier molecular flexibility index (Phi) is 5.49. The minimum absolute atomic E-state index is 0.150. The predicted molar refractivity (Wildman–Crippen MR) is 87.0 cm³/mol. The van der Waals surface area contributed by atoms with Gasteiger partial charge in [0.05, 0.1) is 11.4 Å². The monoisotopic (exact) mass is 320 g/mol. The molecule has 0 N–H and O–H groups in total. The fraction of sp³-hybridized carbons (Fsp3) is 0.375. The molecular formula is C16H20N2O3S. The topological polar surface area (TPSA) is 63.4 Å². The van der Waals surface area contributed by atoms with E-state index in [1.165, 1.54) is 0 Å². The molecule has 2 rings (SSSR count). The van der Waals surface area contributed by atoms with Gasteiger partial charge in [-0.15, -0.1) is 0 Å². The number of aromatic nitrogens is 1. The lowest BCUT2D eigenvalue weighted by Crippen LogP contribution is -2.40. The van der Waals surface area contributed by atoms with E-state index in [1.807, 2.05) is 37.3 Å². The highest BCUT2D eigenvalue weighted by atomic mass is 32.2. The molecule has 0 saturated carbocycles. The Morgan fingerprint density at radius 2 is 2.05 bits per heavy atom. The van der Waals surface area contributed by atoms with Crippen LogP contribution in [0.25, 0.3) is 0 Å². The van der Waals surface area contributed by atoms with E-state index in [2.05, 4.69) is 5.16 Å². The zero-order valence-electron chi connectivity index (χ0n) is 13.0. The van der Waals surface area contributed by atoms with Gasteiger partial charge in [-0.1, -0.05) is 23.4 Å². The largest absolute Gasteiger partial charge is 0.360 e. The third-order valence-electron chi connectivity index (χ3n) is 3.35. The Hall–Kier alpha value is -1.95. The van der Waals surface area contributed by atoms with Gasteiger partial charge in [-0.25, -0.2) is 0 Å². The average molecular weight is 320 g/mol. The van der Waals surface area contributed by atoms with Crippen molar-refractivity contribution in [1.82, 2.24) is 5.16 Å². The Bertz CT molecular complexity index is 654. The molecule has 5 nitrogen and oxygen atoms in total. The van der Waals surface area contributed by atoms with Crippen LogP contribution >= 0.6 is 0 Å². The summed E-state index contributed by atoms with van der Waals surface area (Å²) in [5, 5.41) is 3.16. The molecule has 0 unspecified atom stereocenters. The number of amides is 1. The van der Waals surface area contributed by atoms with Gasteiger partial charge in [-0.05, 0) is 32.9 Å².